The van der Waals surface area contributed by atoms with E-state index in [9.17, 15) is 0 Å². The van der Waals surface area contributed by atoms with E-state index in [1.165, 1.54) is 40.7 Å². The van der Waals surface area contributed by atoms with Crippen LogP contribution >= 0.6 is 0 Å². The van der Waals surface area contributed by atoms with Crippen molar-refractivity contribution in [3.63, 3.8) is 0 Å². The van der Waals surface area contributed by atoms with Crippen molar-refractivity contribution in [1.82, 2.24) is 5.32 Å². The molecule has 2 rings (SSSR count). The highest BCUT2D eigenvalue weighted by molar-refractivity contribution is 5.43. The third-order valence-electron chi connectivity index (χ3n) is 4.71. The molecule has 0 saturated heterocycles. The topological polar surface area (TPSA) is 38.0 Å². The Labute approximate surface area is 111 Å². The molecule has 0 spiro atoms. The third-order valence-corrected chi connectivity index (χ3v) is 4.71. The molecule has 0 aromatic heterocycles. The van der Waals surface area contributed by atoms with Crippen LogP contribution in [0.15, 0.2) is 6.07 Å². The molecule has 0 radical (unpaired) electrons. The van der Waals surface area contributed by atoms with E-state index < -0.39 is 0 Å². The molecule has 0 amide bonds. The fourth-order valence-corrected chi connectivity index (χ4v) is 2.65. The molecule has 1 aromatic carbocycles. The Balaban J connectivity index is 2.05. The number of nitrogens with one attached hydrogen (secondary N) is 1. The first-order valence-corrected chi connectivity index (χ1v) is 6.96. The Bertz CT molecular complexity index is 419. The summed E-state index contributed by atoms with van der Waals surface area (Å²) >= 11 is 0. The molecular weight excluding hydrogens is 220 g/mol. The van der Waals surface area contributed by atoms with Crippen LogP contribution < -0.4 is 11.1 Å². The van der Waals surface area contributed by atoms with Crippen molar-refractivity contribution in [2.75, 3.05) is 13.1 Å². The summed E-state index contributed by atoms with van der Waals surface area (Å²) in [5.74, 6) is 0. The molecule has 2 heteroatoms. The van der Waals surface area contributed by atoms with Crippen molar-refractivity contribution >= 4 is 0 Å². The van der Waals surface area contributed by atoms with E-state index in [1.54, 1.807) is 0 Å². The van der Waals surface area contributed by atoms with Crippen LogP contribution in [0.25, 0.3) is 0 Å². The zero-order chi connectivity index (χ0) is 13.3. The van der Waals surface area contributed by atoms with Gasteiger partial charge >= 0.3 is 0 Å². The van der Waals surface area contributed by atoms with Gasteiger partial charge in [0.05, 0.1) is 0 Å². The molecule has 1 aliphatic rings. The molecule has 1 aromatic rings. The van der Waals surface area contributed by atoms with E-state index in [1.807, 2.05) is 0 Å². The summed E-state index contributed by atoms with van der Waals surface area (Å²) in [5.41, 5.74) is 13.4. The van der Waals surface area contributed by atoms with Gasteiger partial charge in [0.15, 0.2) is 0 Å². The second-order valence-electron chi connectivity index (χ2n) is 6.05. The fraction of sp³-hybridized carbons (Fsp3) is 0.625. The largest absolute Gasteiger partial charge is 0.330 e. The van der Waals surface area contributed by atoms with Gasteiger partial charge in [-0.05, 0) is 80.3 Å². The zero-order valence-corrected chi connectivity index (χ0v) is 12.2. The molecule has 1 saturated carbocycles. The summed E-state index contributed by atoms with van der Waals surface area (Å²) in [6.07, 6.45) is 2.59. The van der Waals surface area contributed by atoms with E-state index in [0.717, 1.165) is 19.6 Å². The lowest BCUT2D eigenvalue weighted by Gasteiger charge is -2.18. The maximum Gasteiger partial charge on any atom is 0.0211 e. The second kappa shape index (κ2) is 5.02. The average molecular weight is 246 g/mol. The first-order chi connectivity index (χ1) is 8.49. The molecule has 0 unspecified atom stereocenters. The molecule has 0 aliphatic heterocycles. The zero-order valence-electron chi connectivity index (χ0n) is 12.2. The predicted molar refractivity (Wildman–Crippen MR) is 77.8 cm³/mol. The van der Waals surface area contributed by atoms with Crippen molar-refractivity contribution in [2.45, 2.75) is 47.1 Å². The van der Waals surface area contributed by atoms with Crippen molar-refractivity contribution in [3.8, 4) is 0 Å². The van der Waals surface area contributed by atoms with E-state index in [0.29, 0.717) is 5.41 Å². The second-order valence-corrected chi connectivity index (χ2v) is 6.05. The standard InChI is InChI=1S/C16H26N2/c1-11-7-12(2)14(4)15(13(11)3)8-18-10-16(9-17)5-6-16/h7,18H,5-6,8-10,17H2,1-4H3. The molecule has 2 nitrogen and oxygen atoms in total. The number of nitrogens with two attached hydrogens (primary N) is 1. The van der Waals surface area contributed by atoms with Gasteiger partial charge in [0.1, 0.15) is 0 Å². The highest BCUT2D eigenvalue weighted by Gasteiger charge is 2.40. The van der Waals surface area contributed by atoms with Crippen LogP contribution in [0.5, 0.6) is 0 Å². The molecular formula is C16H26N2. The van der Waals surface area contributed by atoms with E-state index >= 15 is 0 Å². The maximum absolute atomic E-state index is 5.82. The van der Waals surface area contributed by atoms with Gasteiger partial charge in [0.25, 0.3) is 0 Å². The molecule has 0 heterocycles. The van der Waals surface area contributed by atoms with Gasteiger partial charge in [-0.15, -0.1) is 0 Å². The highest BCUT2D eigenvalue weighted by Crippen LogP contribution is 2.43. The van der Waals surface area contributed by atoms with Gasteiger partial charge in [0.2, 0.25) is 0 Å². The summed E-state index contributed by atoms with van der Waals surface area (Å²) in [6, 6.07) is 2.29. The van der Waals surface area contributed by atoms with E-state index in [4.69, 9.17) is 5.73 Å². The number of hydrogen-bond acceptors (Lipinski definition) is 2. The van der Waals surface area contributed by atoms with Gasteiger partial charge in [0, 0.05) is 13.1 Å². The van der Waals surface area contributed by atoms with Crippen LogP contribution in [0.4, 0.5) is 0 Å². The van der Waals surface area contributed by atoms with Crippen LogP contribution in [0.3, 0.4) is 0 Å². The van der Waals surface area contributed by atoms with Gasteiger partial charge < -0.3 is 11.1 Å². The summed E-state index contributed by atoms with van der Waals surface area (Å²) in [5, 5.41) is 3.61. The van der Waals surface area contributed by atoms with Crippen LogP contribution in [-0.2, 0) is 6.54 Å². The molecule has 1 aliphatic carbocycles. The smallest absolute Gasteiger partial charge is 0.0211 e. The van der Waals surface area contributed by atoms with Crippen LogP contribution in [0.1, 0.15) is 40.7 Å². The molecule has 3 N–H and O–H groups in total. The number of hydrogen-bond donors (Lipinski definition) is 2. The summed E-state index contributed by atoms with van der Waals surface area (Å²) in [4.78, 5) is 0. The Morgan fingerprint density at radius 3 is 2.11 bits per heavy atom. The predicted octanol–water partition coefficient (Wildman–Crippen LogP) is 2.75. The molecule has 100 valence electrons. The normalized spacial score (nSPS) is 16.9. The number of benzene rings is 1. The quantitative estimate of drug-likeness (QED) is 0.838. The minimum atomic E-state index is 0.417. The van der Waals surface area contributed by atoms with Crippen molar-refractivity contribution < 1.29 is 0 Å². The van der Waals surface area contributed by atoms with E-state index in [-0.39, 0.29) is 0 Å². The summed E-state index contributed by atoms with van der Waals surface area (Å²) in [6.45, 7) is 11.7. The SMILES string of the molecule is Cc1cc(C)c(C)c(CNCC2(CN)CC2)c1C. The lowest BCUT2D eigenvalue weighted by Crippen LogP contribution is -2.29. The first kappa shape index (κ1) is 13.6. The first-order valence-electron chi connectivity index (χ1n) is 6.96. The molecule has 0 bridgehead atoms. The maximum atomic E-state index is 5.82. The van der Waals surface area contributed by atoms with Crippen LogP contribution in [0.2, 0.25) is 0 Å². The van der Waals surface area contributed by atoms with Crippen molar-refractivity contribution in [3.05, 3.63) is 33.9 Å². The Hall–Kier alpha value is -0.860. The Morgan fingerprint density at radius 2 is 1.67 bits per heavy atom. The Kier molecular flexibility index (Phi) is 3.79. The lowest BCUT2D eigenvalue weighted by molar-refractivity contribution is 0.467. The minimum absolute atomic E-state index is 0.417. The molecule has 0 atom stereocenters. The highest BCUT2D eigenvalue weighted by atomic mass is 14.9. The van der Waals surface area contributed by atoms with Crippen LogP contribution in [0, 0.1) is 33.1 Å². The van der Waals surface area contributed by atoms with Gasteiger partial charge in [-0.25, -0.2) is 0 Å². The number of rotatable bonds is 5. The van der Waals surface area contributed by atoms with Gasteiger partial charge in [-0.3, -0.25) is 0 Å². The summed E-state index contributed by atoms with van der Waals surface area (Å²) < 4.78 is 0. The van der Waals surface area contributed by atoms with Gasteiger partial charge in [-0.1, -0.05) is 6.07 Å². The number of aryl methyl sites for hydroxylation is 2. The average Bonchev–Trinajstić information content (AvgIpc) is 3.12. The summed E-state index contributed by atoms with van der Waals surface area (Å²) in [7, 11) is 0. The van der Waals surface area contributed by atoms with Gasteiger partial charge in [-0.2, -0.15) is 0 Å². The molecule has 1 fully saturated rings. The molecule has 18 heavy (non-hydrogen) atoms. The third kappa shape index (κ3) is 2.60. The minimum Gasteiger partial charge on any atom is -0.330 e. The monoisotopic (exact) mass is 246 g/mol. The van der Waals surface area contributed by atoms with E-state index in [2.05, 4.69) is 39.1 Å². The fourth-order valence-electron chi connectivity index (χ4n) is 2.65. The lowest BCUT2D eigenvalue weighted by atomic mass is 9.94. The Morgan fingerprint density at radius 1 is 1.11 bits per heavy atom. The van der Waals surface area contributed by atoms with Crippen LogP contribution in [-0.4, -0.2) is 13.1 Å². The van der Waals surface area contributed by atoms with Crippen molar-refractivity contribution in [1.29, 1.82) is 0 Å². The van der Waals surface area contributed by atoms with Crippen molar-refractivity contribution in [2.24, 2.45) is 11.1 Å².